The lowest BCUT2D eigenvalue weighted by molar-refractivity contribution is 0.0996. The second-order valence-corrected chi connectivity index (χ2v) is 7.02. The molecule has 2 N–H and O–H groups in total. The van der Waals surface area contributed by atoms with Crippen LogP contribution in [-0.2, 0) is 6.54 Å². The summed E-state index contributed by atoms with van der Waals surface area (Å²) in [6, 6.07) is 13.1. The lowest BCUT2D eigenvalue weighted by Gasteiger charge is -2.09. The Balaban J connectivity index is 1.47. The third kappa shape index (κ3) is 3.43. The first-order chi connectivity index (χ1) is 12.7. The van der Waals surface area contributed by atoms with Crippen LogP contribution < -0.4 is 10.6 Å². The van der Waals surface area contributed by atoms with E-state index in [-0.39, 0.29) is 11.7 Å². The molecule has 0 aliphatic rings. The van der Waals surface area contributed by atoms with E-state index < -0.39 is 0 Å². The van der Waals surface area contributed by atoms with E-state index in [1.807, 2.05) is 24.3 Å². The molecule has 130 valence electrons. The summed E-state index contributed by atoms with van der Waals surface area (Å²) in [5, 5.41) is 7.21. The number of furan rings is 1. The molecule has 1 aromatic carbocycles. The van der Waals surface area contributed by atoms with Crippen molar-refractivity contribution in [1.82, 2.24) is 9.97 Å². The molecule has 0 fully saturated rings. The van der Waals surface area contributed by atoms with Crippen LogP contribution >= 0.6 is 11.3 Å². The summed E-state index contributed by atoms with van der Waals surface area (Å²) in [4.78, 5) is 22.9. The maximum absolute atomic E-state index is 12.1. The number of nitrogens with one attached hydrogen (secondary N) is 2. The van der Waals surface area contributed by atoms with E-state index in [0.29, 0.717) is 12.2 Å². The quantitative estimate of drug-likeness (QED) is 0.547. The highest BCUT2D eigenvalue weighted by Crippen LogP contribution is 2.27. The van der Waals surface area contributed by atoms with Crippen LogP contribution in [0, 0.1) is 6.92 Å². The number of carbonyl (C=O) groups is 1. The molecule has 3 heterocycles. The van der Waals surface area contributed by atoms with E-state index in [4.69, 9.17) is 4.42 Å². The van der Waals surface area contributed by atoms with Gasteiger partial charge in [0, 0.05) is 17.1 Å². The lowest BCUT2D eigenvalue weighted by Crippen LogP contribution is -2.11. The monoisotopic (exact) mass is 364 g/mol. The van der Waals surface area contributed by atoms with E-state index >= 15 is 0 Å². The van der Waals surface area contributed by atoms with Gasteiger partial charge >= 0.3 is 0 Å². The zero-order valence-electron chi connectivity index (χ0n) is 14.0. The van der Waals surface area contributed by atoms with E-state index in [2.05, 4.69) is 33.6 Å². The number of hydrogen-bond donors (Lipinski definition) is 2. The van der Waals surface area contributed by atoms with E-state index in [9.17, 15) is 4.79 Å². The predicted octanol–water partition coefficient (Wildman–Crippen LogP) is 4.46. The topological polar surface area (TPSA) is 80.0 Å². The van der Waals surface area contributed by atoms with Crippen molar-refractivity contribution < 1.29 is 9.21 Å². The molecule has 0 bridgehead atoms. The maximum Gasteiger partial charge on any atom is 0.291 e. The fourth-order valence-corrected chi connectivity index (χ4v) is 3.51. The molecule has 0 saturated heterocycles. The van der Waals surface area contributed by atoms with Crippen molar-refractivity contribution in [2.24, 2.45) is 0 Å². The molecule has 0 unspecified atom stereocenters. The van der Waals surface area contributed by atoms with Gasteiger partial charge in [-0.25, -0.2) is 9.97 Å². The number of benzene rings is 1. The van der Waals surface area contributed by atoms with Crippen molar-refractivity contribution in [3.63, 3.8) is 0 Å². The Morgan fingerprint density at radius 1 is 1.19 bits per heavy atom. The number of anilines is 2. The second kappa shape index (κ2) is 6.97. The minimum absolute atomic E-state index is 0.272. The van der Waals surface area contributed by atoms with Crippen molar-refractivity contribution in [2.45, 2.75) is 13.5 Å². The highest BCUT2D eigenvalue weighted by Gasteiger charge is 2.09. The van der Waals surface area contributed by atoms with E-state index in [0.717, 1.165) is 21.6 Å². The fourth-order valence-electron chi connectivity index (χ4n) is 2.66. The van der Waals surface area contributed by atoms with Crippen molar-refractivity contribution in [2.75, 3.05) is 10.6 Å². The molecule has 1 amide bonds. The molecule has 4 aromatic rings. The van der Waals surface area contributed by atoms with E-state index in [1.165, 1.54) is 11.1 Å². The molecule has 0 radical (unpaired) electrons. The summed E-state index contributed by atoms with van der Waals surface area (Å²) in [6.45, 7) is 2.65. The van der Waals surface area contributed by atoms with Gasteiger partial charge in [0.2, 0.25) is 0 Å². The average molecular weight is 364 g/mol. The van der Waals surface area contributed by atoms with Crippen LogP contribution in [0.5, 0.6) is 0 Å². The molecule has 4 rings (SSSR count). The number of nitrogens with zero attached hydrogens (tertiary/aromatic N) is 2. The first-order valence-electron chi connectivity index (χ1n) is 8.08. The van der Waals surface area contributed by atoms with Gasteiger partial charge in [0.1, 0.15) is 17.0 Å². The maximum atomic E-state index is 12.1. The lowest BCUT2D eigenvalue weighted by atomic mass is 10.2. The van der Waals surface area contributed by atoms with Crippen LogP contribution in [0.2, 0.25) is 0 Å². The molecule has 0 atom stereocenters. The van der Waals surface area contributed by atoms with Gasteiger partial charge < -0.3 is 15.1 Å². The number of hydrogen-bond acceptors (Lipinski definition) is 6. The third-order valence-corrected chi connectivity index (χ3v) is 4.80. The van der Waals surface area contributed by atoms with Crippen LogP contribution in [-0.4, -0.2) is 15.9 Å². The highest BCUT2D eigenvalue weighted by atomic mass is 32.1. The summed E-state index contributed by atoms with van der Waals surface area (Å²) in [5.74, 6) is 0.820. The Hall–Kier alpha value is -3.19. The van der Waals surface area contributed by atoms with Crippen molar-refractivity contribution in [1.29, 1.82) is 0 Å². The number of rotatable bonds is 5. The summed E-state index contributed by atoms with van der Waals surface area (Å²) in [7, 11) is 0. The van der Waals surface area contributed by atoms with Gasteiger partial charge in [-0.05, 0) is 42.8 Å². The normalized spacial score (nSPS) is 10.8. The smallest absolute Gasteiger partial charge is 0.291 e. The molecule has 6 nitrogen and oxygen atoms in total. The van der Waals surface area contributed by atoms with Gasteiger partial charge in [-0.3, -0.25) is 4.79 Å². The first-order valence-corrected chi connectivity index (χ1v) is 8.89. The SMILES string of the molecule is Cc1cc2c(NCc3cccc(NC(=O)c4ccco4)c3)ncnc2s1. The molecule has 3 aromatic heterocycles. The van der Waals surface area contributed by atoms with E-state index in [1.54, 1.807) is 29.8 Å². The van der Waals surface area contributed by atoms with Gasteiger partial charge in [-0.2, -0.15) is 0 Å². The standard InChI is InChI=1S/C19H16N4O2S/c1-12-8-15-17(21-11-22-19(15)26-12)20-10-13-4-2-5-14(9-13)23-18(24)16-6-3-7-25-16/h2-9,11H,10H2,1H3,(H,23,24)(H,20,21,22). The van der Waals surface area contributed by atoms with Gasteiger partial charge in [0.05, 0.1) is 11.6 Å². The molecule has 26 heavy (non-hydrogen) atoms. The molecule has 0 spiro atoms. The number of aryl methyl sites for hydroxylation is 1. The summed E-state index contributed by atoms with van der Waals surface area (Å²) in [6.07, 6.45) is 3.05. The Bertz CT molecular complexity index is 1060. The second-order valence-electron chi connectivity index (χ2n) is 5.78. The third-order valence-electron chi connectivity index (χ3n) is 3.84. The highest BCUT2D eigenvalue weighted by molar-refractivity contribution is 7.18. The Morgan fingerprint density at radius 3 is 2.96 bits per heavy atom. The van der Waals surface area contributed by atoms with Gasteiger partial charge in [-0.15, -0.1) is 11.3 Å². The number of aromatic nitrogens is 2. The van der Waals surface area contributed by atoms with Gasteiger partial charge in [0.15, 0.2) is 5.76 Å². The summed E-state index contributed by atoms with van der Waals surface area (Å²) >= 11 is 1.65. The molecule has 7 heteroatoms. The van der Waals surface area contributed by atoms with Crippen LogP contribution in [0.3, 0.4) is 0 Å². The zero-order chi connectivity index (χ0) is 17.9. The van der Waals surface area contributed by atoms with Crippen molar-refractivity contribution >= 4 is 39.0 Å². The predicted molar refractivity (Wildman–Crippen MR) is 103 cm³/mol. The van der Waals surface area contributed by atoms with Crippen LogP contribution in [0.25, 0.3) is 10.2 Å². The average Bonchev–Trinajstić information content (AvgIpc) is 3.29. The Labute approximate surface area is 153 Å². The molecule has 0 saturated carbocycles. The largest absolute Gasteiger partial charge is 0.459 e. The minimum Gasteiger partial charge on any atom is -0.459 e. The number of carbonyl (C=O) groups excluding carboxylic acids is 1. The number of amides is 1. The molecular formula is C19H16N4O2S. The number of thiophene rings is 1. The Kier molecular flexibility index (Phi) is 4.37. The zero-order valence-corrected chi connectivity index (χ0v) is 14.8. The minimum atomic E-state index is -0.272. The summed E-state index contributed by atoms with van der Waals surface area (Å²) < 4.78 is 5.11. The van der Waals surface area contributed by atoms with Crippen molar-refractivity contribution in [3.05, 3.63) is 71.3 Å². The van der Waals surface area contributed by atoms with Gasteiger partial charge in [-0.1, -0.05) is 12.1 Å². The van der Waals surface area contributed by atoms with Crippen LogP contribution in [0.4, 0.5) is 11.5 Å². The molecule has 0 aliphatic heterocycles. The summed E-state index contributed by atoms with van der Waals surface area (Å²) in [5.41, 5.74) is 1.74. The number of fused-ring (bicyclic) bond motifs is 1. The Morgan fingerprint density at radius 2 is 2.12 bits per heavy atom. The fraction of sp³-hybridized carbons (Fsp3) is 0.105. The first kappa shape index (κ1) is 16.3. The molecular weight excluding hydrogens is 348 g/mol. The van der Waals surface area contributed by atoms with Crippen LogP contribution in [0.15, 0.2) is 59.5 Å². The van der Waals surface area contributed by atoms with Crippen molar-refractivity contribution in [3.8, 4) is 0 Å². The molecule has 0 aliphatic carbocycles. The van der Waals surface area contributed by atoms with Crippen LogP contribution in [0.1, 0.15) is 21.0 Å². The van der Waals surface area contributed by atoms with Gasteiger partial charge in [0.25, 0.3) is 5.91 Å².